The van der Waals surface area contributed by atoms with Crippen LogP contribution in [0.1, 0.15) is 22.7 Å². The van der Waals surface area contributed by atoms with Crippen molar-refractivity contribution in [3.63, 3.8) is 0 Å². The Bertz CT molecular complexity index is 646. The Kier molecular flexibility index (Phi) is 4.49. The quantitative estimate of drug-likeness (QED) is 0.925. The first-order chi connectivity index (χ1) is 9.49. The number of aryl methyl sites for hydroxylation is 1. The van der Waals surface area contributed by atoms with Gasteiger partial charge in [-0.05, 0) is 52.5 Å². The van der Waals surface area contributed by atoms with Gasteiger partial charge in [-0.3, -0.25) is 9.78 Å². The molecule has 0 aliphatic heterocycles. The molecule has 3 nitrogen and oxygen atoms in total. The average Bonchev–Trinajstić information content (AvgIpc) is 2.41. The van der Waals surface area contributed by atoms with Crippen molar-refractivity contribution in [2.45, 2.75) is 19.3 Å². The first-order valence-electron chi connectivity index (χ1n) is 6.07. The molecule has 1 unspecified atom stereocenters. The van der Waals surface area contributed by atoms with Crippen LogP contribution in [-0.4, -0.2) is 16.1 Å². The van der Waals surface area contributed by atoms with Crippen LogP contribution >= 0.6 is 15.9 Å². The SMILES string of the molecule is Cc1cc(C(Cc2ccccc2F)C(=O)O)ncc1Br. The molecule has 0 saturated carbocycles. The van der Waals surface area contributed by atoms with Gasteiger partial charge >= 0.3 is 5.97 Å². The number of nitrogens with zero attached hydrogens (tertiary/aromatic N) is 1. The van der Waals surface area contributed by atoms with E-state index in [2.05, 4.69) is 20.9 Å². The van der Waals surface area contributed by atoms with E-state index in [9.17, 15) is 14.3 Å². The lowest BCUT2D eigenvalue weighted by Gasteiger charge is -2.13. The van der Waals surface area contributed by atoms with Gasteiger partial charge in [0.25, 0.3) is 0 Å². The van der Waals surface area contributed by atoms with Crippen molar-refractivity contribution in [3.8, 4) is 0 Å². The molecule has 5 heteroatoms. The minimum absolute atomic E-state index is 0.0794. The predicted octanol–water partition coefficient (Wildman–Crippen LogP) is 3.70. The van der Waals surface area contributed by atoms with Gasteiger partial charge in [-0.25, -0.2) is 4.39 Å². The molecule has 1 heterocycles. The summed E-state index contributed by atoms with van der Waals surface area (Å²) >= 11 is 3.32. The second-order valence-electron chi connectivity index (χ2n) is 4.54. The van der Waals surface area contributed by atoms with Crippen molar-refractivity contribution < 1.29 is 14.3 Å². The van der Waals surface area contributed by atoms with Gasteiger partial charge in [0.05, 0.1) is 5.69 Å². The zero-order valence-corrected chi connectivity index (χ0v) is 12.4. The summed E-state index contributed by atoms with van der Waals surface area (Å²) in [4.78, 5) is 15.6. The van der Waals surface area contributed by atoms with E-state index in [0.717, 1.165) is 10.0 Å². The zero-order chi connectivity index (χ0) is 14.7. The van der Waals surface area contributed by atoms with Crippen molar-refractivity contribution >= 4 is 21.9 Å². The van der Waals surface area contributed by atoms with Crippen LogP contribution in [-0.2, 0) is 11.2 Å². The number of benzene rings is 1. The largest absolute Gasteiger partial charge is 0.481 e. The molecule has 0 bridgehead atoms. The fourth-order valence-electron chi connectivity index (χ4n) is 1.95. The Morgan fingerprint density at radius 1 is 1.45 bits per heavy atom. The summed E-state index contributed by atoms with van der Waals surface area (Å²) in [7, 11) is 0. The van der Waals surface area contributed by atoms with Crippen LogP contribution in [0.2, 0.25) is 0 Å². The summed E-state index contributed by atoms with van der Waals surface area (Å²) in [5.74, 6) is -2.27. The maximum atomic E-state index is 13.7. The summed E-state index contributed by atoms with van der Waals surface area (Å²) in [6.45, 7) is 1.86. The predicted molar refractivity (Wildman–Crippen MR) is 77.2 cm³/mol. The number of aromatic nitrogens is 1. The van der Waals surface area contributed by atoms with Crippen LogP contribution in [0.25, 0.3) is 0 Å². The minimum Gasteiger partial charge on any atom is -0.481 e. The molecule has 0 fully saturated rings. The van der Waals surface area contributed by atoms with Crippen LogP contribution in [0.4, 0.5) is 4.39 Å². The third-order valence-electron chi connectivity index (χ3n) is 3.11. The maximum Gasteiger partial charge on any atom is 0.312 e. The van der Waals surface area contributed by atoms with Gasteiger partial charge in [0, 0.05) is 10.7 Å². The van der Waals surface area contributed by atoms with Gasteiger partial charge in [0.15, 0.2) is 0 Å². The number of hydrogen-bond acceptors (Lipinski definition) is 2. The first-order valence-corrected chi connectivity index (χ1v) is 6.86. The lowest BCUT2D eigenvalue weighted by atomic mass is 9.95. The van der Waals surface area contributed by atoms with Crippen LogP contribution in [0.15, 0.2) is 41.0 Å². The molecule has 1 aromatic heterocycles. The summed E-state index contributed by atoms with van der Waals surface area (Å²) < 4.78 is 14.5. The van der Waals surface area contributed by atoms with Crippen LogP contribution < -0.4 is 0 Å². The van der Waals surface area contributed by atoms with E-state index in [1.807, 2.05) is 6.92 Å². The molecule has 1 N–H and O–H groups in total. The van der Waals surface area contributed by atoms with E-state index in [0.29, 0.717) is 11.3 Å². The minimum atomic E-state index is -1.01. The molecule has 2 aromatic rings. The molecule has 0 saturated heterocycles. The van der Waals surface area contributed by atoms with Crippen LogP contribution in [0, 0.1) is 12.7 Å². The highest BCUT2D eigenvalue weighted by atomic mass is 79.9. The highest BCUT2D eigenvalue weighted by molar-refractivity contribution is 9.10. The van der Waals surface area contributed by atoms with Crippen molar-refractivity contribution in [3.05, 3.63) is 63.6 Å². The number of pyridine rings is 1. The zero-order valence-electron chi connectivity index (χ0n) is 10.8. The molecular formula is C15H13BrFNO2. The number of carbonyl (C=O) groups is 1. The number of hydrogen-bond donors (Lipinski definition) is 1. The fraction of sp³-hybridized carbons (Fsp3) is 0.200. The molecule has 2 rings (SSSR count). The van der Waals surface area contributed by atoms with Crippen molar-refractivity contribution in [2.24, 2.45) is 0 Å². The highest BCUT2D eigenvalue weighted by Gasteiger charge is 2.23. The van der Waals surface area contributed by atoms with E-state index in [1.165, 1.54) is 6.07 Å². The average molecular weight is 338 g/mol. The number of aliphatic carboxylic acids is 1. The monoisotopic (exact) mass is 337 g/mol. The standard InChI is InChI=1S/C15H13BrFNO2/c1-9-6-14(18-8-12(9)16)11(15(19)20)7-10-4-2-3-5-13(10)17/h2-6,8,11H,7H2,1H3,(H,19,20). The van der Waals surface area contributed by atoms with Crippen molar-refractivity contribution in [1.29, 1.82) is 0 Å². The summed E-state index contributed by atoms with van der Waals surface area (Å²) in [5, 5.41) is 9.36. The lowest BCUT2D eigenvalue weighted by molar-refractivity contribution is -0.138. The number of rotatable bonds is 4. The van der Waals surface area contributed by atoms with Gasteiger partial charge in [0.1, 0.15) is 11.7 Å². The number of halogens is 2. The number of carboxylic acids is 1. The molecule has 1 atom stereocenters. The maximum absolute atomic E-state index is 13.7. The third kappa shape index (κ3) is 3.22. The molecule has 0 amide bonds. The Labute approximate surface area is 124 Å². The molecule has 0 aliphatic rings. The normalized spacial score (nSPS) is 12.2. The summed E-state index contributed by atoms with van der Waals surface area (Å²) in [5.41, 5.74) is 1.71. The summed E-state index contributed by atoms with van der Waals surface area (Å²) in [6, 6.07) is 7.91. The molecular weight excluding hydrogens is 325 g/mol. The van der Waals surface area contributed by atoms with Gasteiger partial charge in [-0.15, -0.1) is 0 Å². The Morgan fingerprint density at radius 2 is 2.15 bits per heavy atom. The lowest BCUT2D eigenvalue weighted by Crippen LogP contribution is -2.16. The van der Waals surface area contributed by atoms with Crippen molar-refractivity contribution in [2.75, 3.05) is 0 Å². The van der Waals surface area contributed by atoms with E-state index in [4.69, 9.17) is 0 Å². The van der Waals surface area contributed by atoms with E-state index in [-0.39, 0.29) is 6.42 Å². The first kappa shape index (κ1) is 14.7. The molecule has 104 valence electrons. The van der Waals surface area contributed by atoms with Gasteiger partial charge in [-0.2, -0.15) is 0 Å². The molecule has 0 aliphatic carbocycles. The molecule has 0 radical (unpaired) electrons. The van der Waals surface area contributed by atoms with Crippen molar-refractivity contribution in [1.82, 2.24) is 4.98 Å². The van der Waals surface area contributed by atoms with Crippen LogP contribution in [0.3, 0.4) is 0 Å². The Balaban J connectivity index is 2.34. The Morgan fingerprint density at radius 3 is 2.75 bits per heavy atom. The van der Waals surface area contributed by atoms with Gasteiger partial charge in [-0.1, -0.05) is 18.2 Å². The second kappa shape index (κ2) is 6.13. The topological polar surface area (TPSA) is 50.2 Å². The van der Waals surface area contributed by atoms with Gasteiger partial charge in [0.2, 0.25) is 0 Å². The smallest absolute Gasteiger partial charge is 0.312 e. The van der Waals surface area contributed by atoms with E-state index < -0.39 is 17.7 Å². The Hall–Kier alpha value is -1.75. The summed E-state index contributed by atoms with van der Waals surface area (Å²) in [6.07, 6.45) is 1.65. The third-order valence-corrected chi connectivity index (χ3v) is 3.94. The molecule has 1 aromatic carbocycles. The van der Waals surface area contributed by atoms with Crippen LogP contribution in [0.5, 0.6) is 0 Å². The molecule has 20 heavy (non-hydrogen) atoms. The fourth-order valence-corrected chi connectivity index (χ4v) is 2.17. The van der Waals surface area contributed by atoms with E-state index in [1.54, 1.807) is 30.5 Å². The second-order valence-corrected chi connectivity index (χ2v) is 5.40. The number of carboxylic acid groups (broad SMARTS) is 1. The van der Waals surface area contributed by atoms with Gasteiger partial charge < -0.3 is 5.11 Å². The highest BCUT2D eigenvalue weighted by Crippen LogP contribution is 2.24. The molecule has 0 spiro atoms. The van der Waals surface area contributed by atoms with E-state index >= 15 is 0 Å².